The van der Waals surface area contributed by atoms with Gasteiger partial charge in [0, 0.05) is 0 Å². The summed E-state index contributed by atoms with van der Waals surface area (Å²) in [7, 11) is -3.82. The van der Waals surface area contributed by atoms with Crippen LogP contribution in [0.25, 0.3) is 0 Å². The molecular formula is C12H18O3S. The van der Waals surface area contributed by atoms with Crippen molar-refractivity contribution in [3.8, 4) is 0 Å². The van der Waals surface area contributed by atoms with Gasteiger partial charge in [-0.1, -0.05) is 37.3 Å². The van der Waals surface area contributed by atoms with Crippen LogP contribution in [-0.4, -0.2) is 18.7 Å². The van der Waals surface area contributed by atoms with E-state index >= 15 is 0 Å². The Hall–Kier alpha value is -0.870. The molecule has 3 nitrogen and oxygen atoms in total. The lowest BCUT2D eigenvalue weighted by Crippen LogP contribution is -2.12. The standard InChI is InChI=1S/C12H18O3S/c1-11(10-16(13,14)15)6-5-9-12-7-3-2-4-8-12/h2-4,7-8,11H,5-6,9-10H2,1H3,(H,13,14,15)/t11-/m0/s1. The van der Waals surface area contributed by atoms with E-state index in [0.717, 1.165) is 19.3 Å². The lowest BCUT2D eigenvalue weighted by molar-refractivity contribution is 0.460. The number of aryl methyl sites for hydroxylation is 1. The number of hydrogen-bond acceptors (Lipinski definition) is 2. The van der Waals surface area contributed by atoms with Crippen LogP contribution in [0.15, 0.2) is 30.3 Å². The second-order valence-corrected chi connectivity index (χ2v) is 5.73. The first-order valence-corrected chi connectivity index (χ1v) is 7.07. The van der Waals surface area contributed by atoms with Gasteiger partial charge >= 0.3 is 0 Å². The van der Waals surface area contributed by atoms with Crippen LogP contribution in [0.2, 0.25) is 0 Å². The molecule has 1 N–H and O–H groups in total. The molecule has 90 valence electrons. The fourth-order valence-electron chi connectivity index (χ4n) is 1.74. The molecule has 0 aliphatic carbocycles. The molecular weight excluding hydrogens is 224 g/mol. The number of hydrogen-bond donors (Lipinski definition) is 1. The van der Waals surface area contributed by atoms with E-state index in [4.69, 9.17) is 4.55 Å². The number of benzene rings is 1. The maximum atomic E-state index is 10.6. The first-order valence-electron chi connectivity index (χ1n) is 5.46. The summed E-state index contributed by atoms with van der Waals surface area (Å²) in [4.78, 5) is 0. The highest BCUT2D eigenvalue weighted by molar-refractivity contribution is 7.85. The van der Waals surface area contributed by atoms with Crippen LogP contribution in [0, 0.1) is 5.92 Å². The first kappa shape index (κ1) is 13.2. The molecule has 1 aromatic carbocycles. The van der Waals surface area contributed by atoms with Gasteiger partial charge in [0.2, 0.25) is 0 Å². The molecule has 1 rings (SSSR count). The molecule has 0 fully saturated rings. The zero-order valence-electron chi connectivity index (χ0n) is 9.46. The quantitative estimate of drug-likeness (QED) is 0.780. The van der Waals surface area contributed by atoms with Gasteiger partial charge in [0.1, 0.15) is 0 Å². The fraction of sp³-hybridized carbons (Fsp3) is 0.500. The third-order valence-corrected chi connectivity index (χ3v) is 3.49. The monoisotopic (exact) mass is 242 g/mol. The van der Waals surface area contributed by atoms with Crippen LogP contribution >= 0.6 is 0 Å². The third-order valence-electron chi connectivity index (χ3n) is 2.50. The minimum Gasteiger partial charge on any atom is -0.286 e. The van der Waals surface area contributed by atoms with Crippen LogP contribution in [-0.2, 0) is 16.5 Å². The summed E-state index contributed by atoms with van der Waals surface area (Å²) in [6, 6.07) is 10.1. The highest BCUT2D eigenvalue weighted by atomic mass is 32.2. The molecule has 16 heavy (non-hydrogen) atoms. The van der Waals surface area contributed by atoms with Crippen LogP contribution in [0.4, 0.5) is 0 Å². The summed E-state index contributed by atoms with van der Waals surface area (Å²) >= 11 is 0. The molecule has 0 saturated heterocycles. The molecule has 0 amide bonds. The predicted octanol–water partition coefficient (Wildman–Crippen LogP) is 2.53. The Balaban J connectivity index is 2.26. The molecule has 0 radical (unpaired) electrons. The van der Waals surface area contributed by atoms with Gasteiger partial charge in [0.25, 0.3) is 10.1 Å². The summed E-state index contributed by atoms with van der Waals surface area (Å²) in [5.74, 6) is -0.124. The Morgan fingerprint density at radius 3 is 2.44 bits per heavy atom. The molecule has 0 aliphatic heterocycles. The van der Waals surface area contributed by atoms with Crippen LogP contribution in [0.3, 0.4) is 0 Å². The van der Waals surface area contributed by atoms with Crippen molar-refractivity contribution in [1.29, 1.82) is 0 Å². The average Bonchev–Trinajstić information content (AvgIpc) is 2.16. The molecule has 1 aromatic rings. The summed E-state index contributed by atoms with van der Waals surface area (Å²) in [5, 5.41) is 0. The highest BCUT2D eigenvalue weighted by Gasteiger charge is 2.11. The zero-order valence-corrected chi connectivity index (χ0v) is 10.3. The lowest BCUT2D eigenvalue weighted by Gasteiger charge is -2.08. The SMILES string of the molecule is C[C@@H](CCCc1ccccc1)CS(=O)(=O)O. The topological polar surface area (TPSA) is 54.4 Å². The van der Waals surface area contributed by atoms with E-state index in [1.807, 2.05) is 25.1 Å². The molecule has 0 unspecified atom stereocenters. The minimum absolute atomic E-state index is 0.0127. The summed E-state index contributed by atoms with van der Waals surface area (Å²) < 4.78 is 29.9. The summed E-state index contributed by atoms with van der Waals surface area (Å²) in [6.45, 7) is 1.85. The van der Waals surface area contributed by atoms with E-state index in [1.54, 1.807) is 0 Å². The average molecular weight is 242 g/mol. The van der Waals surface area contributed by atoms with Crippen LogP contribution < -0.4 is 0 Å². The lowest BCUT2D eigenvalue weighted by atomic mass is 10.0. The van der Waals surface area contributed by atoms with E-state index in [1.165, 1.54) is 5.56 Å². The summed E-state index contributed by atoms with van der Waals surface area (Å²) in [5.41, 5.74) is 1.27. The molecule has 1 atom stereocenters. The van der Waals surface area contributed by atoms with Crippen molar-refractivity contribution in [2.75, 3.05) is 5.75 Å². The van der Waals surface area contributed by atoms with Gasteiger partial charge < -0.3 is 0 Å². The molecule has 0 bridgehead atoms. The van der Waals surface area contributed by atoms with Crippen molar-refractivity contribution in [2.45, 2.75) is 26.2 Å². The molecule has 0 heterocycles. The van der Waals surface area contributed by atoms with Crippen molar-refractivity contribution >= 4 is 10.1 Å². The van der Waals surface area contributed by atoms with Gasteiger partial charge in [0.15, 0.2) is 0 Å². The van der Waals surface area contributed by atoms with Crippen molar-refractivity contribution in [2.24, 2.45) is 5.92 Å². The first-order chi connectivity index (χ1) is 7.47. The number of rotatable bonds is 6. The van der Waals surface area contributed by atoms with E-state index in [9.17, 15) is 8.42 Å². The molecule has 4 heteroatoms. The Morgan fingerprint density at radius 1 is 1.25 bits per heavy atom. The van der Waals surface area contributed by atoms with Gasteiger partial charge in [0.05, 0.1) is 5.75 Å². The van der Waals surface area contributed by atoms with E-state index in [2.05, 4.69) is 12.1 Å². The Bertz CT molecular complexity index is 398. The van der Waals surface area contributed by atoms with Crippen molar-refractivity contribution in [1.82, 2.24) is 0 Å². The molecule has 0 aliphatic rings. The molecule has 0 aromatic heterocycles. The van der Waals surface area contributed by atoms with Crippen molar-refractivity contribution in [3.05, 3.63) is 35.9 Å². The Morgan fingerprint density at radius 2 is 1.88 bits per heavy atom. The van der Waals surface area contributed by atoms with Gasteiger partial charge in [-0.3, -0.25) is 4.55 Å². The van der Waals surface area contributed by atoms with Gasteiger partial charge in [-0.15, -0.1) is 0 Å². The van der Waals surface area contributed by atoms with Gasteiger partial charge in [-0.25, -0.2) is 0 Å². The second kappa shape index (κ2) is 6.01. The highest BCUT2D eigenvalue weighted by Crippen LogP contribution is 2.11. The summed E-state index contributed by atoms with van der Waals surface area (Å²) in [6.07, 6.45) is 2.71. The van der Waals surface area contributed by atoms with Crippen molar-refractivity contribution < 1.29 is 13.0 Å². The smallest absolute Gasteiger partial charge is 0.265 e. The van der Waals surface area contributed by atoms with Crippen LogP contribution in [0.5, 0.6) is 0 Å². The predicted molar refractivity (Wildman–Crippen MR) is 65.0 cm³/mol. The van der Waals surface area contributed by atoms with E-state index in [0.29, 0.717) is 0 Å². The van der Waals surface area contributed by atoms with E-state index < -0.39 is 10.1 Å². The second-order valence-electron chi connectivity index (χ2n) is 4.23. The van der Waals surface area contributed by atoms with Gasteiger partial charge in [-0.05, 0) is 30.7 Å². The van der Waals surface area contributed by atoms with E-state index in [-0.39, 0.29) is 11.7 Å². The Labute approximate surface area is 97.2 Å². The Kier molecular flexibility index (Phi) is 4.96. The zero-order chi connectivity index (χ0) is 12.0. The third kappa shape index (κ3) is 5.88. The maximum Gasteiger partial charge on any atom is 0.265 e. The minimum atomic E-state index is -3.82. The molecule has 0 saturated carbocycles. The van der Waals surface area contributed by atoms with Crippen molar-refractivity contribution in [3.63, 3.8) is 0 Å². The van der Waals surface area contributed by atoms with Gasteiger partial charge in [-0.2, -0.15) is 8.42 Å². The molecule has 0 spiro atoms. The van der Waals surface area contributed by atoms with Crippen LogP contribution in [0.1, 0.15) is 25.3 Å². The largest absolute Gasteiger partial charge is 0.286 e. The maximum absolute atomic E-state index is 10.6. The normalized spacial score (nSPS) is 13.6. The fourth-order valence-corrected chi connectivity index (χ4v) is 2.63.